The summed E-state index contributed by atoms with van der Waals surface area (Å²) in [5.41, 5.74) is 1.62. The van der Waals surface area contributed by atoms with E-state index in [1.165, 1.54) is 0 Å². The highest BCUT2D eigenvalue weighted by atomic mass is 35.7. The van der Waals surface area contributed by atoms with Crippen LogP contribution in [0.25, 0.3) is 0 Å². The van der Waals surface area contributed by atoms with Crippen molar-refractivity contribution >= 4 is 50.6 Å². The maximum absolute atomic E-state index is 11.7. The van der Waals surface area contributed by atoms with Crippen LogP contribution in [0.4, 0.5) is 0 Å². The molecular weight excluding hydrogens is 275 g/mol. The largest absolute Gasteiger partial charge is 0.290 e. The van der Waals surface area contributed by atoms with Crippen LogP contribution in [0.5, 0.6) is 0 Å². The van der Waals surface area contributed by atoms with Gasteiger partial charge in [0.2, 0.25) is 9.45 Å². The third kappa shape index (κ3) is 3.28. The lowest BCUT2D eigenvalue weighted by molar-refractivity contribution is 0.0999. The van der Waals surface area contributed by atoms with Crippen molar-refractivity contribution in [1.82, 2.24) is 0 Å². The number of carbonyl (C=O) groups excluding carboxylic acids is 1. The van der Waals surface area contributed by atoms with Crippen LogP contribution in [-0.2, 0) is 6.42 Å². The first-order valence-electron chi connectivity index (χ1n) is 4.32. The van der Waals surface area contributed by atoms with Gasteiger partial charge in [0.1, 0.15) is 0 Å². The number of hydrogen-bond donors (Lipinski definition) is 0. The normalized spacial score (nSPS) is 11.5. The Hall–Kier alpha value is 0.110. The van der Waals surface area contributed by atoms with Gasteiger partial charge in [-0.25, -0.2) is 0 Å². The molecule has 1 aromatic carbocycles. The quantitative estimate of drug-likeness (QED) is 0.600. The predicted molar refractivity (Wildman–Crippen MR) is 68.0 cm³/mol. The molecule has 1 aromatic rings. The third-order valence-electron chi connectivity index (χ3n) is 1.99. The first-order valence-corrected chi connectivity index (χ1v) is 6.72. The van der Waals surface area contributed by atoms with Gasteiger partial charge in [-0.15, -0.1) is 0 Å². The van der Waals surface area contributed by atoms with Gasteiger partial charge in [-0.1, -0.05) is 54.4 Å². The molecule has 0 bridgehead atoms. The molecule has 0 unspecified atom stereocenters. The van der Waals surface area contributed by atoms with E-state index in [0.29, 0.717) is 16.5 Å². The van der Waals surface area contributed by atoms with E-state index < -0.39 is 9.45 Å². The molecule has 15 heavy (non-hydrogen) atoms. The van der Waals surface area contributed by atoms with E-state index >= 15 is 0 Å². The van der Waals surface area contributed by atoms with E-state index in [2.05, 4.69) is 0 Å². The number of benzene rings is 1. The molecule has 0 aliphatic rings. The summed E-state index contributed by atoms with van der Waals surface area (Å²) in [7, 11) is 6.02. The SMILES string of the molecule is CCc1ccc(C(=O)C(Cl)(Cl)SCl)cc1. The zero-order valence-electron chi connectivity index (χ0n) is 7.97. The molecule has 0 radical (unpaired) electrons. The Morgan fingerprint density at radius 2 is 1.87 bits per heavy atom. The summed E-state index contributed by atoms with van der Waals surface area (Å²) in [5, 5.41) is 0. The van der Waals surface area contributed by atoms with Gasteiger partial charge in [-0.3, -0.25) is 4.79 Å². The zero-order chi connectivity index (χ0) is 11.5. The van der Waals surface area contributed by atoms with Gasteiger partial charge in [-0.2, -0.15) is 0 Å². The van der Waals surface area contributed by atoms with E-state index in [4.69, 9.17) is 33.9 Å². The molecule has 0 saturated heterocycles. The zero-order valence-corrected chi connectivity index (χ0v) is 11.1. The van der Waals surface area contributed by atoms with E-state index in [1.807, 2.05) is 19.1 Å². The molecule has 82 valence electrons. The van der Waals surface area contributed by atoms with Crippen LogP contribution in [-0.4, -0.2) is 9.45 Å². The van der Waals surface area contributed by atoms with Gasteiger partial charge in [0, 0.05) is 5.56 Å². The van der Waals surface area contributed by atoms with Crippen LogP contribution in [0.15, 0.2) is 24.3 Å². The van der Waals surface area contributed by atoms with Crippen LogP contribution >= 0.6 is 44.9 Å². The first-order chi connectivity index (χ1) is 7.01. The van der Waals surface area contributed by atoms with Gasteiger partial charge >= 0.3 is 0 Å². The Balaban J connectivity index is 2.92. The van der Waals surface area contributed by atoms with Crippen molar-refractivity contribution in [2.75, 3.05) is 0 Å². The molecule has 0 N–H and O–H groups in total. The molecule has 0 atom stereocenters. The molecular formula is C10H9Cl3OS. The summed E-state index contributed by atoms with van der Waals surface area (Å²) in [6, 6.07) is 7.15. The smallest absolute Gasteiger partial charge is 0.239 e. The van der Waals surface area contributed by atoms with E-state index in [9.17, 15) is 4.79 Å². The van der Waals surface area contributed by atoms with Gasteiger partial charge in [0.25, 0.3) is 0 Å². The fourth-order valence-corrected chi connectivity index (χ4v) is 1.71. The van der Waals surface area contributed by atoms with Gasteiger partial charge in [0.05, 0.1) is 0 Å². The number of ketones is 1. The molecule has 1 rings (SSSR count). The molecule has 0 aromatic heterocycles. The molecule has 0 fully saturated rings. The number of aryl methyl sites for hydroxylation is 1. The lowest BCUT2D eigenvalue weighted by Crippen LogP contribution is -2.20. The molecule has 0 aliphatic heterocycles. The Morgan fingerprint density at radius 1 is 1.33 bits per heavy atom. The topological polar surface area (TPSA) is 17.1 Å². The number of alkyl halides is 2. The molecule has 5 heteroatoms. The van der Waals surface area contributed by atoms with Crippen LogP contribution in [0, 0.1) is 0 Å². The molecule has 1 nitrogen and oxygen atoms in total. The molecule has 0 heterocycles. The van der Waals surface area contributed by atoms with Crippen molar-refractivity contribution < 1.29 is 4.79 Å². The monoisotopic (exact) mass is 282 g/mol. The van der Waals surface area contributed by atoms with E-state index in [1.54, 1.807) is 12.1 Å². The van der Waals surface area contributed by atoms with Crippen molar-refractivity contribution in [3.8, 4) is 0 Å². The van der Waals surface area contributed by atoms with E-state index in [-0.39, 0.29) is 0 Å². The molecule has 0 spiro atoms. The Labute approximate surface area is 108 Å². The fourth-order valence-electron chi connectivity index (χ4n) is 1.09. The minimum atomic E-state index is -1.62. The van der Waals surface area contributed by atoms with Crippen molar-refractivity contribution in [1.29, 1.82) is 0 Å². The highest BCUT2D eigenvalue weighted by Crippen LogP contribution is 2.40. The highest BCUT2D eigenvalue weighted by molar-refractivity contribution is 8.24. The number of Topliss-reactive ketones (excluding diaryl/α,β-unsaturated/α-hetero) is 1. The Morgan fingerprint density at radius 3 is 2.27 bits per heavy atom. The number of carbonyl (C=O) groups is 1. The highest BCUT2D eigenvalue weighted by Gasteiger charge is 2.34. The van der Waals surface area contributed by atoms with Crippen molar-refractivity contribution in [3.63, 3.8) is 0 Å². The lowest BCUT2D eigenvalue weighted by atomic mass is 10.1. The fraction of sp³-hybridized carbons (Fsp3) is 0.300. The van der Waals surface area contributed by atoms with Gasteiger partial charge in [-0.05, 0) is 33.6 Å². The molecule has 0 saturated carbocycles. The summed E-state index contributed by atoms with van der Waals surface area (Å²) in [5.74, 6) is -0.395. The minimum Gasteiger partial charge on any atom is -0.290 e. The number of hydrogen-bond acceptors (Lipinski definition) is 2. The van der Waals surface area contributed by atoms with Crippen molar-refractivity contribution in [2.45, 2.75) is 17.0 Å². The average Bonchev–Trinajstić information content (AvgIpc) is 2.28. The van der Waals surface area contributed by atoms with Gasteiger partial charge < -0.3 is 0 Å². The summed E-state index contributed by atoms with van der Waals surface area (Å²) in [6.07, 6.45) is 0.922. The molecule has 0 aliphatic carbocycles. The second kappa shape index (κ2) is 5.44. The second-order valence-corrected chi connectivity index (χ2v) is 5.98. The van der Waals surface area contributed by atoms with Crippen LogP contribution < -0.4 is 0 Å². The van der Waals surface area contributed by atoms with Crippen LogP contribution in [0.3, 0.4) is 0 Å². The van der Waals surface area contributed by atoms with Crippen molar-refractivity contribution in [3.05, 3.63) is 35.4 Å². The summed E-state index contributed by atoms with van der Waals surface area (Å²) >= 11 is 11.5. The van der Waals surface area contributed by atoms with Gasteiger partial charge in [0.15, 0.2) is 0 Å². The van der Waals surface area contributed by atoms with Crippen LogP contribution in [0.1, 0.15) is 22.8 Å². The van der Waals surface area contributed by atoms with Crippen LogP contribution in [0.2, 0.25) is 0 Å². The second-order valence-electron chi connectivity index (χ2n) is 2.97. The third-order valence-corrected chi connectivity index (χ3v) is 4.34. The Kier molecular flexibility index (Phi) is 4.78. The predicted octanol–water partition coefficient (Wildman–Crippen LogP) is 4.45. The average molecular weight is 284 g/mol. The number of halogens is 3. The number of rotatable bonds is 4. The summed E-state index contributed by atoms with van der Waals surface area (Å²) in [4.78, 5) is 11.7. The first kappa shape index (κ1) is 13.2. The molecule has 0 amide bonds. The van der Waals surface area contributed by atoms with Crippen molar-refractivity contribution in [2.24, 2.45) is 0 Å². The maximum Gasteiger partial charge on any atom is 0.239 e. The maximum atomic E-state index is 11.7. The Bertz CT molecular complexity index is 348. The van der Waals surface area contributed by atoms with E-state index in [0.717, 1.165) is 12.0 Å². The minimum absolute atomic E-state index is 0.395. The summed E-state index contributed by atoms with van der Waals surface area (Å²) < 4.78 is -1.62. The lowest BCUT2D eigenvalue weighted by Gasteiger charge is -2.13. The summed E-state index contributed by atoms with van der Waals surface area (Å²) in [6.45, 7) is 2.04. The standard InChI is InChI=1S/C10H9Cl3OS/c1-2-7-3-5-8(6-4-7)9(14)10(11,12)15-13/h3-6H,2H2,1H3.